The Bertz CT molecular complexity index is 1230. The number of aromatic nitrogens is 2. The third-order valence-corrected chi connectivity index (χ3v) is 4.79. The number of carbonyl (C=O) groups excluding carboxylic acids is 3. The molecule has 0 unspecified atom stereocenters. The van der Waals surface area contributed by atoms with E-state index in [1.807, 2.05) is 0 Å². The molecule has 3 aromatic rings. The number of carbonyl (C=O) groups is 3. The summed E-state index contributed by atoms with van der Waals surface area (Å²) in [5.74, 6) is -1.68. The van der Waals surface area contributed by atoms with Gasteiger partial charge in [0.05, 0.1) is 41.1 Å². The van der Waals surface area contributed by atoms with E-state index in [9.17, 15) is 27.6 Å². The number of anilines is 2. The van der Waals surface area contributed by atoms with Crippen LogP contribution in [0.1, 0.15) is 45.8 Å². The molecule has 0 aliphatic heterocycles. The van der Waals surface area contributed by atoms with E-state index in [0.717, 1.165) is 18.2 Å². The van der Waals surface area contributed by atoms with Crippen molar-refractivity contribution in [2.24, 2.45) is 0 Å². The molecule has 178 valence electrons. The number of nitrogens with one attached hydrogen (secondary N) is 2. The highest BCUT2D eigenvalue weighted by Crippen LogP contribution is 2.34. The molecule has 0 saturated carbocycles. The molecule has 2 amide bonds. The van der Waals surface area contributed by atoms with Crippen molar-refractivity contribution in [3.05, 3.63) is 71.0 Å². The van der Waals surface area contributed by atoms with Crippen molar-refractivity contribution >= 4 is 29.2 Å². The lowest BCUT2D eigenvalue weighted by Gasteiger charge is -2.15. The molecule has 0 aliphatic carbocycles. The summed E-state index contributed by atoms with van der Waals surface area (Å²) < 4.78 is 45.8. The molecular formula is C23H21F3N4O4. The second-order valence-corrected chi connectivity index (χ2v) is 7.22. The Hall–Kier alpha value is -4.15. The largest absolute Gasteiger partial charge is 0.462 e. The monoisotopic (exact) mass is 474 g/mol. The van der Waals surface area contributed by atoms with Gasteiger partial charge in [0.1, 0.15) is 5.56 Å². The Labute approximate surface area is 192 Å². The van der Waals surface area contributed by atoms with Gasteiger partial charge >= 0.3 is 12.1 Å². The van der Waals surface area contributed by atoms with E-state index >= 15 is 0 Å². The SMILES string of the molecule is CCOC(=O)c1cnn(-c2ccc(C(=O)Nc3cc(C(F)(F)F)ccc3NC(C)=O)cc2)c1C. The molecule has 8 nitrogen and oxygen atoms in total. The van der Waals surface area contributed by atoms with Crippen LogP contribution in [0.15, 0.2) is 48.7 Å². The fourth-order valence-corrected chi connectivity index (χ4v) is 3.15. The second kappa shape index (κ2) is 9.77. The molecule has 3 rings (SSSR count). The number of nitrogens with zero attached hydrogens (tertiary/aromatic N) is 2. The minimum Gasteiger partial charge on any atom is -0.462 e. The Balaban J connectivity index is 1.85. The molecule has 1 aromatic heterocycles. The number of benzene rings is 2. The fraction of sp³-hybridized carbons (Fsp3) is 0.217. The van der Waals surface area contributed by atoms with Crippen LogP contribution >= 0.6 is 0 Å². The third kappa shape index (κ3) is 5.42. The number of ether oxygens (including phenoxy) is 1. The topological polar surface area (TPSA) is 102 Å². The van der Waals surface area contributed by atoms with Gasteiger partial charge in [0.15, 0.2) is 0 Å². The van der Waals surface area contributed by atoms with E-state index < -0.39 is 29.5 Å². The Morgan fingerprint density at radius 2 is 1.71 bits per heavy atom. The molecule has 0 radical (unpaired) electrons. The Morgan fingerprint density at radius 1 is 1.03 bits per heavy atom. The van der Waals surface area contributed by atoms with E-state index in [2.05, 4.69) is 15.7 Å². The molecule has 0 aliphatic rings. The number of amides is 2. The summed E-state index contributed by atoms with van der Waals surface area (Å²) in [6, 6.07) is 8.71. The van der Waals surface area contributed by atoms with E-state index in [-0.39, 0.29) is 23.5 Å². The number of esters is 1. The van der Waals surface area contributed by atoms with Gasteiger partial charge in [0, 0.05) is 12.5 Å². The molecule has 0 spiro atoms. The van der Waals surface area contributed by atoms with Gasteiger partial charge in [-0.25, -0.2) is 9.48 Å². The summed E-state index contributed by atoms with van der Waals surface area (Å²) in [5, 5.41) is 8.98. The summed E-state index contributed by atoms with van der Waals surface area (Å²) >= 11 is 0. The minimum absolute atomic E-state index is 0.0316. The quantitative estimate of drug-likeness (QED) is 0.509. The van der Waals surface area contributed by atoms with Crippen LogP contribution in [0.3, 0.4) is 0 Å². The molecule has 2 N–H and O–H groups in total. The number of halogens is 3. The van der Waals surface area contributed by atoms with Gasteiger partial charge in [-0.15, -0.1) is 0 Å². The maximum absolute atomic E-state index is 13.1. The van der Waals surface area contributed by atoms with Crippen molar-refractivity contribution in [2.75, 3.05) is 17.2 Å². The molecular weight excluding hydrogens is 453 g/mol. The van der Waals surface area contributed by atoms with Gasteiger partial charge in [0.25, 0.3) is 5.91 Å². The van der Waals surface area contributed by atoms with E-state index in [0.29, 0.717) is 16.9 Å². The highest BCUT2D eigenvalue weighted by atomic mass is 19.4. The standard InChI is InChI=1S/C23H21F3N4O4/c1-4-34-22(33)18-12-27-30(13(18)2)17-8-5-15(6-9-17)21(32)29-20-11-16(23(24,25)26)7-10-19(20)28-14(3)31/h5-12H,4H2,1-3H3,(H,28,31)(H,29,32). The van der Waals surface area contributed by atoms with Crippen LogP contribution in [0, 0.1) is 6.92 Å². The highest BCUT2D eigenvalue weighted by molar-refractivity contribution is 6.07. The number of hydrogen-bond acceptors (Lipinski definition) is 5. The van der Waals surface area contributed by atoms with Crippen LogP contribution in [0.4, 0.5) is 24.5 Å². The van der Waals surface area contributed by atoms with Gasteiger partial charge in [-0.2, -0.15) is 18.3 Å². The minimum atomic E-state index is -4.63. The van der Waals surface area contributed by atoms with Gasteiger partial charge in [0.2, 0.25) is 5.91 Å². The third-order valence-electron chi connectivity index (χ3n) is 4.79. The predicted molar refractivity (Wildman–Crippen MR) is 118 cm³/mol. The number of rotatable bonds is 6. The van der Waals surface area contributed by atoms with Crippen LogP contribution < -0.4 is 10.6 Å². The first-order valence-corrected chi connectivity index (χ1v) is 10.1. The fourth-order valence-electron chi connectivity index (χ4n) is 3.15. The molecule has 0 fully saturated rings. The van der Waals surface area contributed by atoms with Crippen molar-refractivity contribution in [3.8, 4) is 5.69 Å². The first kappa shape index (κ1) is 24.5. The van der Waals surface area contributed by atoms with Crippen LogP contribution in [0.25, 0.3) is 5.69 Å². The molecule has 0 saturated heterocycles. The van der Waals surface area contributed by atoms with Gasteiger partial charge in [-0.1, -0.05) is 0 Å². The van der Waals surface area contributed by atoms with Crippen molar-refractivity contribution < 1.29 is 32.3 Å². The van der Waals surface area contributed by atoms with Gasteiger partial charge < -0.3 is 15.4 Å². The van der Waals surface area contributed by atoms with Crippen molar-refractivity contribution in [3.63, 3.8) is 0 Å². The highest BCUT2D eigenvalue weighted by Gasteiger charge is 2.31. The van der Waals surface area contributed by atoms with Crippen LogP contribution in [-0.4, -0.2) is 34.2 Å². The van der Waals surface area contributed by atoms with E-state index in [4.69, 9.17) is 4.74 Å². The zero-order valence-electron chi connectivity index (χ0n) is 18.5. The summed E-state index contributed by atoms with van der Waals surface area (Å²) in [6.45, 7) is 4.81. The first-order valence-electron chi connectivity index (χ1n) is 10.1. The maximum Gasteiger partial charge on any atom is 0.416 e. The van der Waals surface area contributed by atoms with Crippen LogP contribution in [0.2, 0.25) is 0 Å². The molecule has 1 heterocycles. The molecule has 11 heteroatoms. The van der Waals surface area contributed by atoms with Crippen LogP contribution in [-0.2, 0) is 15.7 Å². The smallest absolute Gasteiger partial charge is 0.416 e. The molecule has 2 aromatic carbocycles. The maximum atomic E-state index is 13.1. The lowest BCUT2D eigenvalue weighted by molar-refractivity contribution is -0.137. The van der Waals surface area contributed by atoms with E-state index in [1.54, 1.807) is 26.0 Å². The Kier molecular flexibility index (Phi) is 7.04. The van der Waals surface area contributed by atoms with Crippen LogP contribution in [0.5, 0.6) is 0 Å². The predicted octanol–water partition coefficient (Wildman–Crippen LogP) is 4.59. The zero-order chi connectivity index (χ0) is 25.0. The Morgan fingerprint density at radius 3 is 2.29 bits per heavy atom. The first-order chi connectivity index (χ1) is 16.0. The summed E-state index contributed by atoms with van der Waals surface area (Å²) in [6.07, 6.45) is -3.24. The van der Waals surface area contributed by atoms with E-state index in [1.165, 1.54) is 29.9 Å². The molecule has 0 bridgehead atoms. The number of hydrogen-bond donors (Lipinski definition) is 2. The lowest BCUT2D eigenvalue weighted by atomic mass is 10.1. The zero-order valence-corrected chi connectivity index (χ0v) is 18.5. The average molecular weight is 474 g/mol. The van der Waals surface area contributed by atoms with Crippen molar-refractivity contribution in [1.82, 2.24) is 9.78 Å². The normalized spacial score (nSPS) is 11.1. The molecule has 0 atom stereocenters. The average Bonchev–Trinajstić information content (AvgIpc) is 3.15. The van der Waals surface area contributed by atoms with Gasteiger partial charge in [-0.3, -0.25) is 9.59 Å². The summed E-state index contributed by atoms with van der Waals surface area (Å²) in [7, 11) is 0. The second-order valence-electron chi connectivity index (χ2n) is 7.22. The lowest BCUT2D eigenvalue weighted by Crippen LogP contribution is -2.16. The van der Waals surface area contributed by atoms with Crippen molar-refractivity contribution in [1.29, 1.82) is 0 Å². The summed E-state index contributed by atoms with van der Waals surface area (Å²) in [5.41, 5.74) is 0.426. The number of alkyl halides is 3. The molecule has 34 heavy (non-hydrogen) atoms. The van der Waals surface area contributed by atoms with Gasteiger partial charge in [-0.05, 0) is 56.3 Å². The summed E-state index contributed by atoms with van der Waals surface area (Å²) in [4.78, 5) is 36.1. The van der Waals surface area contributed by atoms with Crippen molar-refractivity contribution in [2.45, 2.75) is 26.9 Å².